The van der Waals surface area contributed by atoms with Gasteiger partial charge in [-0.2, -0.15) is 0 Å². The molecule has 0 bridgehead atoms. The number of rotatable bonds is 39. The molecule has 1 aliphatic rings. The van der Waals surface area contributed by atoms with Gasteiger partial charge in [-0.3, -0.25) is 4.79 Å². The third-order valence-electron chi connectivity index (χ3n) is 10.3. The number of carbonyl (C=O) groups excluding carboxylic acids is 1. The summed E-state index contributed by atoms with van der Waals surface area (Å²) in [6.45, 7) is 4.33. The summed E-state index contributed by atoms with van der Waals surface area (Å²) in [5.74, 6) is -0.338. The minimum atomic E-state index is -1.55. The predicted molar refractivity (Wildman–Crippen MR) is 247 cm³/mol. The molecule has 0 radical (unpaired) electrons. The second-order valence-electron chi connectivity index (χ2n) is 15.8. The molecule has 0 saturated carbocycles. The van der Waals surface area contributed by atoms with Crippen molar-refractivity contribution in [2.75, 3.05) is 26.4 Å². The average Bonchev–Trinajstić information content (AvgIpc) is 3.25. The molecule has 6 atom stereocenters. The number of carbonyl (C=O) groups is 1. The van der Waals surface area contributed by atoms with Gasteiger partial charge in [-0.05, 0) is 89.9 Å². The van der Waals surface area contributed by atoms with Gasteiger partial charge in [0.1, 0.15) is 30.5 Å². The molecule has 1 rings (SSSR count). The molecule has 0 spiro atoms. The van der Waals surface area contributed by atoms with Crippen LogP contribution in [0.5, 0.6) is 0 Å². The summed E-state index contributed by atoms with van der Waals surface area (Å²) in [5, 5.41) is 40.2. The van der Waals surface area contributed by atoms with E-state index < -0.39 is 43.4 Å². The van der Waals surface area contributed by atoms with E-state index >= 15 is 0 Å². The lowest BCUT2D eigenvalue weighted by atomic mass is 9.99. The number of unbranched alkanes of at least 4 members (excludes halogenated alkanes) is 14. The van der Waals surface area contributed by atoms with E-state index in [0.29, 0.717) is 13.0 Å². The second-order valence-corrected chi connectivity index (χ2v) is 15.8. The number of esters is 1. The summed E-state index contributed by atoms with van der Waals surface area (Å²) >= 11 is 0. The van der Waals surface area contributed by atoms with Crippen LogP contribution in [0.3, 0.4) is 0 Å². The van der Waals surface area contributed by atoms with Crippen molar-refractivity contribution in [1.29, 1.82) is 0 Å². The van der Waals surface area contributed by atoms with E-state index in [-0.39, 0.29) is 19.2 Å². The van der Waals surface area contributed by atoms with Crippen molar-refractivity contribution in [1.82, 2.24) is 0 Å². The number of hydrogen-bond acceptors (Lipinski definition) is 9. The first-order valence-corrected chi connectivity index (χ1v) is 23.7. The van der Waals surface area contributed by atoms with Crippen LogP contribution >= 0.6 is 0 Å². The average molecular weight is 843 g/mol. The fraction of sp³-hybridized carbons (Fsp3) is 0.706. The summed E-state index contributed by atoms with van der Waals surface area (Å²) in [6.07, 6.45) is 48.9. The Hall–Kier alpha value is -2.63. The van der Waals surface area contributed by atoms with E-state index in [0.717, 1.165) is 103 Å². The fourth-order valence-electron chi connectivity index (χ4n) is 6.61. The number of allylic oxidation sites excluding steroid dienone is 14. The van der Waals surface area contributed by atoms with Crippen LogP contribution in [0.15, 0.2) is 85.1 Å². The lowest BCUT2D eigenvalue weighted by molar-refractivity contribution is -0.305. The van der Waals surface area contributed by atoms with Crippen LogP contribution in [-0.2, 0) is 23.7 Å². The minimum absolute atomic E-state index is 0.114. The highest BCUT2D eigenvalue weighted by Gasteiger charge is 2.44. The molecular weight excluding hydrogens is 757 g/mol. The highest BCUT2D eigenvalue weighted by molar-refractivity contribution is 5.69. The zero-order chi connectivity index (χ0) is 43.6. The van der Waals surface area contributed by atoms with Crippen LogP contribution in [0.1, 0.15) is 168 Å². The van der Waals surface area contributed by atoms with E-state index in [2.05, 4.69) is 98.9 Å². The van der Waals surface area contributed by atoms with Crippen LogP contribution in [0.2, 0.25) is 0 Å². The Morgan fingerprint density at radius 2 is 1.02 bits per heavy atom. The zero-order valence-electron chi connectivity index (χ0n) is 37.7. The van der Waals surface area contributed by atoms with Gasteiger partial charge in [-0.1, -0.05) is 157 Å². The number of aliphatic hydroxyl groups excluding tert-OH is 4. The molecule has 344 valence electrons. The number of hydrogen-bond donors (Lipinski definition) is 4. The fourth-order valence-corrected chi connectivity index (χ4v) is 6.61. The van der Waals surface area contributed by atoms with Gasteiger partial charge in [-0.15, -0.1) is 0 Å². The Morgan fingerprint density at radius 1 is 0.550 bits per heavy atom. The van der Waals surface area contributed by atoms with E-state index in [1.807, 2.05) is 0 Å². The second kappa shape index (κ2) is 41.7. The Kier molecular flexibility index (Phi) is 38.5. The molecule has 4 N–H and O–H groups in total. The highest BCUT2D eigenvalue weighted by Crippen LogP contribution is 2.22. The number of ether oxygens (including phenoxy) is 4. The summed E-state index contributed by atoms with van der Waals surface area (Å²) < 4.78 is 22.8. The van der Waals surface area contributed by atoms with Gasteiger partial charge in [-0.25, -0.2) is 0 Å². The molecule has 0 amide bonds. The third kappa shape index (κ3) is 32.1. The maximum atomic E-state index is 12.8. The molecule has 60 heavy (non-hydrogen) atoms. The Labute approximate surface area is 365 Å². The van der Waals surface area contributed by atoms with Crippen molar-refractivity contribution in [3.8, 4) is 0 Å². The first kappa shape index (κ1) is 55.4. The van der Waals surface area contributed by atoms with Crippen LogP contribution in [-0.4, -0.2) is 89.6 Å². The van der Waals surface area contributed by atoms with Crippen LogP contribution in [0.4, 0.5) is 0 Å². The molecule has 1 heterocycles. The quantitative estimate of drug-likeness (QED) is 0.0271. The summed E-state index contributed by atoms with van der Waals surface area (Å²) in [7, 11) is 0. The van der Waals surface area contributed by atoms with Gasteiger partial charge in [0.25, 0.3) is 0 Å². The Bertz CT molecular complexity index is 1190. The highest BCUT2D eigenvalue weighted by atomic mass is 16.7. The van der Waals surface area contributed by atoms with Crippen LogP contribution in [0, 0.1) is 0 Å². The van der Waals surface area contributed by atoms with E-state index in [9.17, 15) is 25.2 Å². The van der Waals surface area contributed by atoms with E-state index in [4.69, 9.17) is 18.9 Å². The summed E-state index contributed by atoms with van der Waals surface area (Å²) in [4.78, 5) is 12.8. The monoisotopic (exact) mass is 843 g/mol. The summed E-state index contributed by atoms with van der Waals surface area (Å²) in [6, 6.07) is 0. The Morgan fingerprint density at radius 3 is 1.55 bits per heavy atom. The van der Waals surface area contributed by atoms with Gasteiger partial charge in [0.2, 0.25) is 0 Å². The van der Waals surface area contributed by atoms with Gasteiger partial charge in [0.15, 0.2) is 6.29 Å². The first-order valence-electron chi connectivity index (χ1n) is 23.7. The van der Waals surface area contributed by atoms with Crippen LogP contribution < -0.4 is 0 Å². The lowest BCUT2D eigenvalue weighted by Gasteiger charge is -2.39. The van der Waals surface area contributed by atoms with E-state index in [1.54, 1.807) is 0 Å². The molecule has 1 aliphatic heterocycles. The Balaban J connectivity index is 2.29. The summed E-state index contributed by atoms with van der Waals surface area (Å²) in [5.41, 5.74) is 0. The van der Waals surface area contributed by atoms with Crippen molar-refractivity contribution in [2.24, 2.45) is 0 Å². The van der Waals surface area contributed by atoms with Crippen molar-refractivity contribution < 1.29 is 44.2 Å². The van der Waals surface area contributed by atoms with Crippen molar-refractivity contribution in [3.63, 3.8) is 0 Å². The van der Waals surface area contributed by atoms with Gasteiger partial charge in [0, 0.05) is 13.0 Å². The molecule has 9 nitrogen and oxygen atoms in total. The molecule has 0 aliphatic carbocycles. The van der Waals surface area contributed by atoms with Crippen molar-refractivity contribution in [3.05, 3.63) is 85.1 Å². The standard InChI is InChI=1S/C51H86O9/c1-3-5-7-9-11-13-15-17-19-20-21-22-23-24-25-27-29-31-33-35-37-39-41-57-43-45(44-58-51-50(56)49(55)48(54)46(42-52)60-51)59-47(53)40-38-36-34-32-30-28-26-18-16-14-12-10-8-6-4-2/h5,7,11,13,17-19,21-22,24-26,29,31,45-46,48-52,54-56H,3-4,6,8-10,12,14-16,20,23,27-28,30,32-44H2,1-2H3/b7-5-,13-11-,19-17-,22-21-,25-24-,26-18-,31-29-. The first-order chi connectivity index (χ1) is 29.4. The smallest absolute Gasteiger partial charge is 0.306 e. The molecule has 1 fully saturated rings. The minimum Gasteiger partial charge on any atom is -0.457 e. The largest absolute Gasteiger partial charge is 0.457 e. The number of aliphatic hydroxyl groups is 4. The van der Waals surface area contributed by atoms with Crippen molar-refractivity contribution in [2.45, 2.75) is 205 Å². The zero-order valence-corrected chi connectivity index (χ0v) is 37.7. The van der Waals surface area contributed by atoms with Gasteiger partial charge in [0.05, 0.1) is 19.8 Å². The SMILES string of the molecule is CC/C=C\C/C=C\C/C=C\C/C=C\C/C=C\C/C=C\CCCCCOCC(COC1OC(CO)C(O)C(O)C1O)OC(=O)CCCCCCC/C=C\CCCCCCCC. The molecule has 0 aromatic carbocycles. The lowest BCUT2D eigenvalue weighted by Crippen LogP contribution is -2.59. The van der Waals surface area contributed by atoms with Gasteiger partial charge >= 0.3 is 5.97 Å². The molecule has 6 unspecified atom stereocenters. The van der Waals surface area contributed by atoms with Crippen molar-refractivity contribution >= 4 is 5.97 Å². The third-order valence-corrected chi connectivity index (χ3v) is 10.3. The molecular formula is C51H86O9. The maximum absolute atomic E-state index is 12.8. The topological polar surface area (TPSA) is 135 Å². The van der Waals surface area contributed by atoms with E-state index in [1.165, 1.54) is 44.9 Å². The van der Waals surface area contributed by atoms with Crippen LogP contribution in [0.25, 0.3) is 0 Å². The van der Waals surface area contributed by atoms with Gasteiger partial charge < -0.3 is 39.4 Å². The normalized spacial score (nSPS) is 20.8. The molecule has 0 aromatic rings. The maximum Gasteiger partial charge on any atom is 0.306 e. The molecule has 0 aromatic heterocycles. The molecule has 9 heteroatoms. The predicted octanol–water partition coefficient (Wildman–Crippen LogP) is 11.0. The molecule has 1 saturated heterocycles.